The summed E-state index contributed by atoms with van der Waals surface area (Å²) >= 11 is 0. The van der Waals surface area contributed by atoms with Gasteiger partial charge in [0.05, 0.1) is 19.7 Å². The van der Waals surface area contributed by atoms with Crippen molar-refractivity contribution in [1.29, 1.82) is 0 Å². The summed E-state index contributed by atoms with van der Waals surface area (Å²) in [4.78, 5) is 26.6. The van der Waals surface area contributed by atoms with E-state index in [4.69, 9.17) is 10.5 Å². The van der Waals surface area contributed by atoms with E-state index in [1.165, 1.54) is 0 Å². The van der Waals surface area contributed by atoms with Crippen LogP contribution in [-0.4, -0.2) is 36.4 Å². The van der Waals surface area contributed by atoms with Gasteiger partial charge in [0.15, 0.2) is 0 Å². The quantitative estimate of drug-likeness (QED) is 0.696. The Morgan fingerprint density at radius 2 is 1.57 bits per heavy atom. The number of amides is 2. The van der Waals surface area contributed by atoms with E-state index in [2.05, 4.69) is 5.32 Å². The van der Waals surface area contributed by atoms with Crippen molar-refractivity contribution in [3.63, 3.8) is 0 Å². The monoisotopic (exact) mass is 383 g/mol. The number of carbonyl (C=O) groups is 2. The molecule has 28 heavy (non-hydrogen) atoms. The van der Waals surface area contributed by atoms with Crippen LogP contribution in [0.25, 0.3) is 0 Å². The minimum Gasteiger partial charge on any atom is -0.497 e. The molecule has 0 saturated heterocycles. The smallest absolute Gasteiger partial charge is 0.242 e. The average molecular weight is 383 g/mol. The van der Waals surface area contributed by atoms with Crippen molar-refractivity contribution in [2.24, 2.45) is 11.7 Å². The Balaban J connectivity index is 2.07. The minimum atomic E-state index is -0.628. The van der Waals surface area contributed by atoms with E-state index in [9.17, 15) is 9.59 Å². The Kier molecular flexibility index (Phi) is 8.02. The molecule has 2 aromatic rings. The lowest BCUT2D eigenvalue weighted by Crippen LogP contribution is -2.47. The predicted molar refractivity (Wildman–Crippen MR) is 110 cm³/mol. The number of ether oxygens (including phenoxy) is 1. The summed E-state index contributed by atoms with van der Waals surface area (Å²) in [5, 5.41) is 2.66. The SMILES string of the molecule is COc1ccc(CN(Cc2ccccc2)C(=O)CNC(=O)[C@@H](N)C(C)C)cc1. The number of nitrogens with two attached hydrogens (primary N) is 1. The van der Waals surface area contributed by atoms with Gasteiger partial charge in [-0.1, -0.05) is 56.3 Å². The molecule has 0 fully saturated rings. The zero-order valence-corrected chi connectivity index (χ0v) is 16.7. The second-order valence-electron chi connectivity index (χ2n) is 7.07. The maximum absolute atomic E-state index is 12.8. The van der Waals surface area contributed by atoms with Crippen LogP contribution in [0.15, 0.2) is 54.6 Å². The Morgan fingerprint density at radius 1 is 1.00 bits per heavy atom. The lowest BCUT2D eigenvalue weighted by Gasteiger charge is -2.24. The van der Waals surface area contributed by atoms with Crippen LogP contribution < -0.4 is 15.8 Å². The molecular weight excluding hydrogens is 354 g/mol. The number of hydrogen-bond donors (Lipinski definition) is 2. The van der Waals surface area contributed by atoms with Gasteiger partial charge in [-0.05, 0) is 29.2 Å². The Hall–Kier alpha value is -2.86. The molecule has 0 radical (unpaired) electrons. The van der Waals surface area contributed by atoms with Gasteiger partial charge in [0.1, 0.15) is 5.75 Å². The highest BCUT2D eigenvalue weighted by Crippen LogP contribution is 2.15. The van der Waals surface area contributed by atoms with Gasteiger partial charge in [-0.15, -0.1) is 0 Å². The number of benzene rings is 2. The highest BCUT2D eigenvalue weighted by Gasteiger charge is 2.20. The number of carbonyl (C=O) groups excluding carboxylic acids is 2. The van der Waals surface area contributed by atoms with Gasteiger partial charge in [0.2, 0.25) is 11.8 Å². The number of nitrogens with one attached hydrogen (secondary N) is 1. The maximum Gasteiger partial charge on any atom is 0.242 e. The zero-order valence-electron chi connectivity index (χ0n) is 16.7. The van der Waals surface area contributed by atoms with E-state index >= 15 is 0 Å². The maximum atomic E-state index is 12.8. The second kappa shape index (κ2) is 10.5. The number of rotatable bonds is 9. The van der Waals surface area contributed by atoms with Crippen molar-refractivity contribution in [2.75, 3.05) is 13.7 Å². The summed E-state index contributed by atoms with van der Waals surface area (Å²) in [6.45, 7) is 4.55. The minimum absolute atomic E-state index is 0.00910. The largest absolute Gasteiger partial charge is 0.497 e. The molecule has 6 heteroatoms. The van der Waals surface area contributed by atoms with E-state index in [1.807, 2.05) is 68.4 Å². The number of nitrogens with zero attached hydrogens (tertiary/aromatic N) is 1. The van der Waals surface area contributed by atoms with Crippen LogP contribution in [0.2, 0.25) is 0 Å². The van der Waals surface area contributed by atoms with Gasteiger partial charge in [0.25, 0.3) is 0 Å². The molecule has 2 aromatic carbocycles. The first-order valence-electron chi connectivity index (χ1n) is 9.38. The van der Waals surface area contributed by atoms with Crippen LogP contribution in [0, 0.1) is 5.92 Å². The molecule has 0 saturated carbocycles. The van der Waals surface area contributed by atoms with Gasteiger partial charge >= 0.3 is 0 Å². The lowest BCUT2D eigenvalue weighted by molar-refractivity contribution is -0.134. The van der Waals surface area contributed by atoms with Gasteiger partial charge in [-0.3, -0.25) is 9.59 Å². The van der Waals surface area contributed by atoms with Crippen LogP contribution in [0.5, 0.6) is 5.75 Å². The summed E-state index contributed by atoms with van der Waals surface area (Å²) in [6.07, 6.45) is 0. The molecule has 0 spiro atoms. The van der Waals surface area contributed by atoms with Gasteiger partial charge in [-0.2, -0.15) is 0 Å². The third kappa shape index (κ3) is 6.39. The van der Waals surface area contributed by atoms with E-state index < -0.39 is 6.04 Å². The number of hydrogen-bond acceptors (Lipinski definition) is 4. The Bertz CT molecular complexity index is 760. The summed E-state index contributed by atoms with van der Waals surface area (Å²) in [6, 6.07) is 16.7. The first-order valence-corrected chi connectivity index (χ1v) is 9.38. The molecule has 6 nitrogen and oxygen atoms in total. The molecular formula is C22H29N3O3. The van der Waals surface area contributed by atoms with Crippen LogP contribution in [-0.2, 0) is 22.7 Å². The van der Waals surface area contributed by atoms with E-state index in [1.54, 1.807) is 12.0 Å². The molecule has 0 heterocycles. The fourth-order valence-electron chi connectivity index (χ4n) is 2.68. The first kappa shape index (κ1) is 21.4. The fraction of sp³-hybridized carbons (Fsp3) is 0.364. The standard InChI is InChI=1S/C22H29N3O3/c1-16(2)21(23)22(27)24-13-20(26)25(14-17-7-5-4-6-8-17)15-18-9-11-19(28-3)12-10-18/h4-12,16,21H,13-15,23H2,1-3H3,(H,24,27)/t21-/m0/s1. The van der Waals surface area contributed by atoms with E-state index in [0.29, 0.717) is 13.1 Å². The summed E-state index contributed by atoms with van der Waals surface area (Å²) in [5.41, 5.74) is 7.85. The number of methoxy groups -OCH3 is 1. The van der Waals surface area contributed by atoms with Crippen molar-refractivity contribution in [2.45, 2.75) is 33.0 Å². The van der Waals surface area contributed by atoms with Crippen molar-refractivity contribution in [3.05, 3.63) is 65.7 Å². The van der Waals surface area contributed by atoms with Crippen molar-refractivity contribution in [1.82, 2.24) is 10.2 Å². The molecule has 3 N–H and O–H groups in total. The van der Waals surface area contributed by atoms with Crippen LogP contribution in [0.1, 0.15) is 25.0 Å². The molecule has 0 aliphatic rings. The summed E-state index contributed by atoms with van der Waals surface area (Å²) in [7, 11) is 1.62. The molecule has 0 unspecified atom stereocenters. The van der Waals surface area contributed by atoms with Crippen LogP contribution in [0.4, 0.5) is 0 Å². The first-order chi connectivity index (χ1) is 13.4. The summed E-state index contributed by atoms with van der Waals surface area (Å²) in [5.74, 6) is 0.297. The lowest BCUT2D eigenvalue weighted by atomic mass is 10.1. The molecule has 0 aliphatic heterocycles. The second-order valence-corrected chi connectivity index (χ2v) is 7.07. The molecule has 2 amide bonds. The highest BCUT2D eigenvalue weighted by molar-refractivity contribution is 5.87. The average Bonchev–Trinajstić information content (AvgIpc) is 2.71. The van der Waals surface area contributed by atoms with Crippen molar-refractivity contribution >= 4 is 11.8 Å². The molecule has 2 rings (SSSR count). The van der Waals surface area contributed by atoms with Crippen LogP contribution in [0.3, 0.4) is 0 Å². The fourth-order valence-corrected chi connectivity index (χ4v) is 2.68. The predicted octanol–water partition coefficient (Wildman–Crippen LogP) is 2.32. The summed E-state index contributed by atoms with van der Waals surface area (Å²) < 4.78 is 5.18. The molecule has 0 aromatic heterocycles. The molecule has 0 aliphatic carbocycles. The third-order valence-corrected chi connectivity index (χ3v) is 4.54. The van der Waals surface area contributed by atoms with Gasteiger partial charge in [0, 0.05) is 13.1 Å². The van der Waals surface area contributed by atoms with E-state index in [-0.39, 0.29) is 24.3 Å². The van der Waals surface area contributed by atoms with Crippen molar-refractivity contribution in [3.8, 4) is 5.75 Å². The van der Waals surface area contributed by atoms with Crippen molar-refractivity contribution < 1.29 is 14.3 Å². The van der Waals surface area contributed by atoms with Crippen LogP contribution >= 0.6 is 0 Å². The highest BCUT2D eigenvalue weighted by atomic mass is 16.5. The van der Waals surface area contributed by atoms with Gasteiger partial charge < -0.3 is 20.7 Å². The third-order valence-electron chi connectivity index (χ3n) is 4.54. The van der Waals surface area contributed by atoms with E-state index in [0.717, 1.165) is 16.9 Å². The Labute approximate surface area is 166 Å². The normalized spacial score (nSPS) is 11.8. The molecule has 0 bridgehead atoms. The molecule has 1 atom stereocenters. The topological polar surface area (TPSA) is 84.7 Å². The zero-order chi connectivity index (χ0) is 20.5. The molecule has 150 valence electrons. The Morgan fingerprint density at radius 3 is 2.11 bits per heavy atom. The van der Waals surface area contributed by atoms with Gasteiger partial charge in [-0.25, -0.2) is 0 Å².